The monoisotopic (exact) mass is 326 g/mol. The third kappa shape index (κ3) is 3.84. The summed E-state index contributed by atoms with van der Waals surface area (Å²) >= 11 is 0. The van der Waals surface area contributed by atoms with Crippen LogP contribution in [0.1, 0.15) is 5.56 Å². The first-order valence-corrected chi connectivity index (χ1v) is 7.65. The lowest BCUT2D eigenvalue weighted by atomic mass is 10.2. The Labute approximate surface area is 140 Å². The highest BCUT2D eigenvalue weighted by molar-refractivity contribution is 5.94. The van der Waals surface area contributed by atoms with E-state index in [4.69, 9.17) is 9.47 Å². The van der Waals surface area contributed by atoms with Crippen LogP contribution in [0.4, 0.5) is 16.2 Å². The second-order valence-electron chi connectivity index (χ2n) is 5.47. The van der Waals surface area contributed by atoms with Gasteiger partial charge < -0.3 is 14.8 Å². The molecule has 2 aromatic rings. The Morgan fingerprint density at radius 1 is 1.25 bits per heavy atom. The van der Waals surface area contributed by atoms with Crippen molar-refractivity contribution in [2.45, 2.75) is 6.92 Å². The van der Waals surface area contributed by atoms with Gasteiger partial charge in [0.15, 0.2) is 6.61 Å². The highest BCUT2D eigenvalue weighted by Gasteiger charge is 2.23. The number of hydrogen-bond donors (Lipinski definition) is 1. The third-order valence-electron chi connectivity index (χ3n) is 3.59. The topological polar surface area (TPSA) is 67.9 Å². The lowest BCUT2D eigenvalue weighted by molar-refractivity contribution is -0.118. The molecule has 1 heterocycles. The molecular weight excluding hydrogens is 308 g/mol. The Morgan fingerprint density at radius 2 is 2.04 bits per heavy atom. The molecule has 1 aliphatic heterocycles. The Kier molecular flexibility index (Phi) is 4.65. The highest BCUT2D eigenvalue weighted by atomic mass is 16.6. The molecule has 124 valence electrons. The van der Waals surface area contributed by atoms with Crippen LogP contribution < -0.4 is 15.0 Å². The van der Waals surface area contributed by atoms with Crippen molar-refractivity contribution in [3.8, 4) is 5.75 Å². The molecule has 0 aliphatic carbocycles. The molecule has 3 rings (SSSR count). The van der Waals surface area contributed by atoms with E-state index in [9.17, 15) is 9.59 Å². The van der Waals surface area contributed by atoms with Crippen LogP contribution in [0, 0.1) is 6.92 Å². The number of nitrogens with zero attached hydrogens (tertiary/aromatic N) is 1. The van der Waals surface area contributed by atoms with Crippen molar-refractivity contribution >= 4 is 23.4 Å². The number of benzene rings is 2. The summed E-state index contributed by atoms with van der Waals surface area (Å²) in [4.78, 5) is 25.1. The van der Waals surface area contributed by atoms with E-state index in [1.807, 2.05) is 31.2 Å². The number of hydrogen-bond acceptors (Lipinski definition) is 4. The molecule has 0 spiro atoms. The second kappa shape index (κ2) is 7.04. The molecular formula is C18H18N2O4. The van der Waals surface area contributed by atoms with Crippen molar-refractivity contribution in [1.29, 1.82) is 0 Å². The summed E-state index contributed by atoms with van der Waals surface area (Å²) in [6.07, 6.45) is -0.374. The normalized spacial score (nSPS) is 13.5. The van der Waals surface area contributed by atoms with Crippen molar-refractivity contribution in [2.75, 3.05) is 30.0 Å². The first-order chi connectivity index (χ1) is 11.6. The first kappa shape index (κ1) is 15.9. The van der Waals surface area contributed by atoms with Crippen LogP contribution in [0.25, 0.3) is 0 Å². The Bertz CT molecular complexity index is 743. The van der Waals surface area contributed by atoms with Gasteiger partial charge in [0.2, 0.25) is 0 Å². The predicted molar refractivity (Wildman–Crippen MR) is 90.4 cm³/mol. The van der Waals surface area contributed by atoms with Crippen LogP contribution in [0.3, 0.4) is 0 Å². The molecule has 0 bridgehead atoms. The quantitative estimate of drug-likeness (QED) is 0.917. The van der Waals surface area contributed by atoms with E-state index in [-0.39, 0.29) is 18.6 Å². The van der Waals surface area contributed by atoms with Gasteiger partial charge in [-0.1, -0.05) is 23.8 Å². The largest absolute Gasteiger partial charge is 0.484 e. The molecule has 6 heteroatoms. The SMILES string of the molecule is Cc1ccc(OCC(=O)Nc2cccc(N3CCOC3=O)c2)cc1. The first-order valence-electron chi connectivity index (χ1n) is 7.65. The van der Waals surface area contributed by atoms with Gasteiger partial charge in [-0.05, 0) is 37.3 Å². The molecule has 1 fully saturated rings. The Morgan fingerprint density at radius 3 is 2.75 bits per heavy atom. The fourth-order valence-corrected chi connectivity index (χ4v) is 2.36. The van der Waals surface area contributed by atoms with Gasteiger partial charge in [-0.2, -0.15) is 0 Å². The smallest absolute Gasteiger partial charge is 0.414 e. The number of cyclic esters (lactones) is 1. The molecule has 24 heavy (non-hydrogen) atoms. The summed E-state index contributed by atoms with van der Waals surface area (Å²) in [5, 5.41) is 2.76. The maximum Gasteiger partial charge on any atom is 0.414 e. The fourth-order valence-electron chi connectivity index (χ4n) is 2.36. The van der Waals surface area contributed by atoms with Gasteiger partial charge in [-0.15, -0.1) is 0 Å². The zero-order valence-electron chi connectivity index (χ0n) is 13.3. The van der Waals surface area contributed by atoms with Crippen LogP contribution >= 0.6 is 0 Å². The van der Waals surface area contributed by atoms with E-state index in [1.165, 1.54) is 4.90 Å². The lowest BCUT2D eigenvalue weighted by Gasteiger charge is -2.14. The van der Waals surface area contributed by atoms with Crippen LogP contribution in [0.2, 0.25) is 0 Å². The minimum atomic E-state index is -0.374. The summed E-state index contributed by atoms with van der Waals surface area (Å²) in [5.74, 6) is 0.376. The van der Waals surface area contributed by atoms with Crippen LogP contribution in [0.15, 0.2) is 48.5 Å². The van der Waals surface area contributed by atoms with E-state index in [0.717, 1.165) is 5.56 Å². The van der Waals surface area contributed by atoms with Gasteiger partial charge in [0.25, 0.3) is 5.91 Å². The van der Waals surface area contributed by atoms with Gasteiger partial charge in [0.05, 0.1) is 6.54 Å². The highest BCUT2D eigenvalue weighted by Crippen LogP contribution is 2.22. The van der Waals surface area contributed by atoms with Crippen molar-refractivity contribution in [3.63, 3.8) is 0 Å². The van der Waals surface area contributed by atoms with Crippen molar-refractivity contribution in [3.05, 3.63) is 54.1 Å². The van der Waals surface area contributed by atoms with Crippen LogP contribution in [-0.2, 0) is 9.53 Å². The lowest BCUT2D eigenvalue weighted by Crippen LogP contribution is -2.24. The van der Waals surface area contributed by atoms with Gasteiger partial charge in [0, 0.05) is 11.4 Å². The number of nitrogens with one attached hydrogen (secondary N) is 1. The number of anilines is 2. The molecule has 0 saturated carbocycles. The van der Waals surface area contributed by atoms with E-state index in [2.05, 4.69) is 5.32 Å². The summed E-state index contributed by atoms with van der Waals surface area (Å²) in [6, 6.07) is 14.6. The number of amides is 2. The number of rotatable bonds is 5. The summed E-state index contributed by atoms with van der Waals surface area (Å²) in [5.41, 5.74) is 2.42. The molecule has 1 aliphatic rings. The Balaban J connectivity index is 1.58. The van der Waals surface area contributed by atoms with Crippen molar-refractivity contribution in [2.24, 2.45) is 0 Å². The summed E-state index contributed by atoms with van der Waals surface area (Å²) in [7, 11) is 0. The zero-order chi connectivity index (χ0) is 16.9. The molecule has 1 N–H and O–H groups in total. The molecule has 1 saturated heterocycles. The average Bonchev–Trinajstić information content (AvgIpc) is 3.01. The maximum absolute atomic E-state index is 12.0. The third-order valence-corrected chi connectivity index (χ3v) is 3.59. The van der Waals surface area contributed by atoms with E-state index >= 15 is 0 Å². The molecule has 0 radical (unpaired) electrons. The second-order valence-corrected chi connectivity index (χ2v) is 5.47. The minimum Gasteiger partial charge on any atom is -0.484 e. The molecule has 2 amide bonds. The molecule has 0 atom stereocenters. The minimum absolute atomic E-state index is 0.0843. The van der Waals surface area contributed by atoms with Gasteiger partial charge in [-0.25, -0.2) is 4.79 Å². The van der Waals surface area contributed by atoms with Gasteiger partial charge in [0.1, 0.15) is 12.4 Å². The van der Waals surface area contributed by atoms with Gasteiger partial charge >= 0.3 is 6.09 Å². The molecule has 6 nitrogen and oxygen atoms in total. The van der Waals surface area contributed by atoms with Crippen molar-refractivity contribution < 1.29 is 19.1 Å². The molecule has 0 unspecified atom stereocenters. The predicted octanol–water partition coefficient (Wildman–Crippen LogP) is 2.97. The maximum atomic E-state index is 12.0. The number of carbonyl (C=O) groups excluding carboxylic acids is 2. The fraction of sp³-hybridized carbons (Fsp3) is 0.222. The standard InChI is InChI=1S/C18H18N2O4/c1-13-5-7-16(8-6-13)24-12-17(21)19-14-3-2-4-15(11-14)20-9-10-23-18(20)22/h2-8,11H,9-10,12H2,1H3,(H,19,21). The van der Waals surface area contributed by atoms with E-state index in [1.54, 1.807) is 24.3 Å². The molecule has 2 aromatic carbocycles. The zero-order valence-corrected chi connectivity index (χ0v) is 13.3. The number of aryl methyl sites for hydroxylation is 1. The summed E-state index contributed by atoms with van der Waals surface area (Å²) in [6.45, 7) is 2.78. The van der Waals surface area contributed by atoms with Crippen LogP contribution in [0.5, 0.6) is 5.75 Å². The van der Waals surface area contributed by atoms with E-state index in [0.29, 0.717) is 30.3 Å². The van der Waals surface area contributed by atoms with Crippen LogP contribution in [-0.4, -0.2) is 31.8 Å². The van der Waals surface area contributed by atoms with Crippen molar-refractivity contribution in [1.82, 2.24) is 0 Å². The van der Waals surface area contributed by atoms with E-state index < -0.39 is 0 Å². The number of ether oxygens (including phenoxy) is 2. The Hall–Kier alpha value is -3.02. The molecule has 0 aromatic heterocycles. The average molecular weight is 326 g/mol. The van der Waals surface area contributed by atoms with Gasteiger partial charge in [-0.3, -0.25) is 9.69 Å². The number of carbonyl (C=O) groups is 2. The summed E-state index contributed by atoms with van der Waals surface area (Å²) < 4.78 is 10.4.